The first-order valence-electron chi connectivity index (χ1n) is 6.75. The third-order valence-electron chi connectivity index (χ3n) is 4.15. The first-order valence-corrected chi connectivity index (χ1v) is 6.75. The average molecular weight is 196 g/mol. The van der Waals surface area contributed by atoms with Crippen molar-refractivity contribution in [1.29, 1.82) is 0 Å². The van der Waals surface area contributed by atoms with Gasteiger partial charge in [-0.2, -0.15) is 0 Å². The van der Waals surface area contributed by atoms with Crippen molar-refractivity contribution in [3.05, 3.63) is 0 Å². The largest absolute Gasteiger partial charge is 0.0654 e. The highest BCUT2D eigenvalue weighted by atomic mass is 14.5. The van der Waals surface area contributed by atoms with Gasteiger partial charge in [-0.15, -0.1) is 0 Å². The number of rotatable bonds is 8. The number of hydrogen-bond donors (Lipinski definition) is 0. The predicted molar refractivity (Wildman–Crippen MR) is 64.5 cm³/mol. The topological polar surface area (TPSA) is 0 Å². The third-order valence-corrected chi connectivity index (χ3v) is 4.15. The summed E-state index contributed by atoms with van der Waals surface area (Å²) in [4.78, 5) is 0. The molecule has 0 aliphatic heterocycles. The van der Waals surface area contributed by atoms with E-state index in [9.17, 15) is 0 Å². The lowest BCUT2D eigenvalue weighted by atomic mass is 9.90. The van der Waals surface area contributed by atoms with Crippen LogP contribution in [0, 0.1) is 11.3 Å². The molecule has 0 spiro atoms. The van der Waals surface area contributed by atoms with E-state index < -0.39 is 0 Å². The fourth-order valence-corrected chi connectivity index (χ4v) is 2.81. The van der Waals surface area contributed by atoms with E-state index in [1.165, 1.54) is 57.8 Å². The summed E-state index contributed by atoms with van der Waals surface area (Å²) in [6, 6.07) is 0. The van der Waals surface area contributed by atoms with Crippen molar-refractivity contribution in [2.75, 3.05) is 0 Å². The molecule has 1 aliphatic carbocycles. The van der Waals surface area contributed by atoms with Crippen molar-refractivity contribution in [2.24, 2.45) is 11.3 Å². The van der Waals surface area contributed by atoms with E-state index in [4.69, 9.17) is 0 Å². The molecule has 0 bridgehead atoms. The minimum absolute atomic E-state index is 0.809. The molecule has 2 unspecified atom stereocenters. The van der Waals surface area contributed by atoms with Crippen molar-refractivity contribution in [3.63, 3.8) is 0 Å². The Kier molecular flexibility index (Phi) is 4.98. The van der Waals surface area contributed by atoms with E-state index in [-0.39, 0.29) is 0 Å². The molecular formula is C14H28. The summed E-state index contributed by atoms with van der Waals surface area (Å²) in [6.07, 6.45) is 13.2. The molecule has 0 heteroatoms. The Morgan fingerprint density at radius 2 is 1.50 bits per heavy atom. The van der Waals surface area contributed by atoms with E-state index in [1.807, 2.05) is 0 Å². The van der Waals surface area contributed by atoms with Gasteiger partial charge in [-0.1, -0.05) is 59.3 Å². The highest BCUT2D eigenvalue weighted by Gasteiger charge is 2.48. The summed E-state index contributed by atoms with van der Waals surface area (Å²) < 4.78 is 0. The zero-order chi connectivity index (χ0) is 10.4. The summed E-state index contributed by atoms with van der Waals surface area (Å²) in [6.45, 7) is 7.07. The van der Waals surface area contributed by atoms with Gasteiger partial charge in [0.25, 0.3) is 0 Å². The summed E-state index contributed by atoms with van der Waals surface area (Å²) in [5, 5.41) is 0. The smallest absolute Gasteiger partial charge is 0.0269 e. The molecular weight excluding hydrogens is 168 g/mol. The average Bonchev–Trinajstić information content (AvgIpc) is 2.82. The zero-order valence-corrected chi connectivity index (χ0v) is 10.4. The summed E-state index contributed by atoms with van der Waals surface area (Å²) in [7, 11) is 0. The van der Waals surface area contributed by atoms with Gasteiger partial charge < -0.3 is 0 Å². The van der Waals surface area contributed by atoms with Crippen LogP contribution in [-0.2, 0) is 0 Å². The molecule has 1 aliphatic rings. The van der Waals surface area contributed by atoms with Crippen LogP contribution in [0.4, 0.5) is 0 Å². The first kappa shape index (κ1) is 12.1. The first-order chi connectivity index (χ1) is 6.75. The highest BCUT2D eigenvalue weighted by molar-refractivity contribution is 4.99. The molecule has 0 aromatic carbocycles. The fourth-order valence-electron chi connectivity index (χ4n) is 2.81. The predicted octanol–water partition coefficient (Wildman–Crippen LogP) is 5.17. The van der Waals surface area contributed by atoms with E-state index in [2.05, 4.69) is 20.8 Å². The molecule has 0 aromatic heterocycles. The molecule has 0 heterocycles. The molecule has 1 saturated carbocycles. The second-order valence-electron chi connectivity index (χ2n) is 5.38. The molecule has 14 heavy (non-hydrogen) atoms. The van der Waals surface area contributed by atoms with Gasteiger partial charge in [0.05, 0.1) is 0 Å². The van der Waals surface area contributed by atoms with Crippen LogP contribution < -0.4 is 0 Å². The lowest BCUT2D eigenvalue weighted by Gasteiger charge is -2.15. The standard InChI is InChI=1S/C14H28/c1-4-6-8-9-11-14(10-7-5-2)12-13(14)3/h13H,4-12H2,1-3H3. The van der Waals surface area contributed by atoms with Crippen molar-refractivity contribution < 1.29 is 0 Å². The molecule has 1 rings (SSSR count). The van der Waals surface area contributed by atoms with E-state index in [0.29, 0.717) is 0 Å². The Balaban J connectivity index is 2.12. The Hall–Kier alpha value is 0. The molecule has 0 N–H and O–H groups in total. The van der Waals surface area contributed by atoms with Crippen molar-refractivity contribution in [3.8, 4) is 0 Å². The van der Waals surface area contributed by atoms with Gasteiger partial charge >= 0.3 is 0 Å². The van der Waals surface area contributed by atoms with Crippen LogP contribution in [0.15, 0.2) is 0 Å². The minimum atomic E-state index is 0.809. The van der Waals surface area contributed by atoms with Gasteiger partial charge in [0.15, 0.2) is 0 Å². The Morgan fingerprint density at radius 3 is 2.00 bits per heavy atom. The zero-order valence-electron chi connectivity index (χ0n) is 10.4. The minimum Gasteiger partial charge on any atom is -0.0654 e. The van der Waals surface area contributed by atoms with Crippen LogP contribution in [0.1, 0.15) is 78.6 Å². The summed E-state index contributed by atoms with van der Waals surface area (Å²) >= 11 is 0. The molecule has 2 atom stereocenters. The highest BCUT2D eigenvalue weighted by Crippen LogP contribution is 2.59. The van der Waals surface area contributed by atoms with Crippen LogP contribution in [0.25, 0.3) is 0 Å². The normalized spacial score (nSPS) is 30.6. The number of unbranched alkanes of at least 4 members (excludes halogenated alkanes) is 4. The molecule has 0 saturated heterocycles. The molecule has 0 amide bonds. The van der Waals surface area contributed by atoms with Gasteiger partial charge in [0, 0.05) is 0 Å². The van der Waals surface area contributed by atoms with E-state index in [1.54, 1.807) is 0 Å². The number of hydrogen-bond acceptors (Lipinski definition) is 0. The summed E-state index contributed by atoms with van der Waals surface area (Å²) in [5.41, 5.74) is 0.809. The second kappa shape index (κ2) is 5.78. The quantitative estimate of drug-likeness (QED) is 0.470. The maximum absolute atomic E-state index is 2.45. The maximum Gasteiger partial charge on any atom is -0.0269 e. The molecule has 0 aromatic rings. The van der Waals surface area contributed by atoms with Crippen molar-refractivity contribution >= 4 is 0 Å². The lowest BCUT2D eigenvalue weighted by Crippen LogP contribution is -2.03. The summed E-state index contributed by atoms with van der Waals surface area (Å²) in [5.74, 6) is 1.04. The Bertz CT molecular complexity index is 150. The van der Waals surface area contributed by atoms with E-state index >= 15 is 0 Å². The second-order valence-corrected chi connectivity index (χ2v) is 5.38. The lowest BCUT2D eigenvalue weighted by molar-refractivity contribution is 0.363. The SMILES string of the molecule is CCCCCCC1(CCCC)CC1C. The van der Waals surface area contributed by atoms with Crippen LogP contribution in [0.5, 0.6) is 0 Å². The van der Waals surface area contributed by atoms with Crippen LogP contribution in [0.3, 0.4) is 0 Å². The fraction of sp³-hybridized carbons (Fsp3) is 1.00. The van der Waals surface area contributed by atoms with Gasteiger partial charge in [0.2, 0.25) is 0 Å². The van der Waals surface area contributed by atoms with Crippen molar-refractivity contribution in [2.45, 2.75) is 78.6 Å². The van der Waals surface area contributed by atoms with Crippen LogP contribution >= 0.6 is 0 Å². The Labute approximate surface area is 90.5 Å². The maximum atomic E-state index is 2.45. The monoisotopic (exact) mass is 196 g/mol. The molecule has 1 fully saturated rings. The van der Waals surface area contributed by atoms with E-state index in [0.717, 1.165) is 11.3 Å². The van der Waals surface area contributed by atoms with Crippen LogP contribution in [0.2, 0.25) is 0 Å². The van der Waals surface area contributed by atoms with Crippen LogP contribution in [-0.4, -0.2) is 0 Å². The van der Waals surface area contributed by atoms with Gasteiger partial charge in [-0.3, -0.25) is 0 Å². The molecule has 0 nitrogen and oxygen atoms in total. The molecule has 0 radical (unpaired) electrons. The third kappa shape index (κ3) is 3.29. The van der Waals surface area contributed by atoms with Gasteiger partial charge in [-0.25, -0.2) is 0 Å². The van der Waals surface area contributed by atoms with Crippen molar-refractivity contribution in [1.82, 2.24) is 0 Å². The molecule has 84 valence electrons. The van der Waals surface area contributed by atoms with Gasteiger partial charge in [-0.05, 0) is 30.6 Å². The van der Waals surface area contributed by atoms with Gasteiger partial charge in [0.1, 0.15) is 0 Å². The Morgan fingerprint density at radius 1 is 0.929 bits per heavy atom.